The van der Waals surface area contributed by atoms with E-state index in [1.165, 1.54) is 11.1 Å². The zero-order chi connectivity index (χ0) is 13.3. The first-order valence-corrected chi connectivity index (χ1v) is 6.01. The lowest BCUT2D eigenvalue weighted by Crippen LogP contribution is -2.19. The molecular formula is C15H18N2O. The minimum atomic E-state index is -1.02. The van der Waals surface area contributed by atoms with Crippen molar-refractivity contribution in [1.29, 1.82) is 0 Å². The summed E-state index contributed by atoms with van der Waals surface area (Å²) in [5.41, 5.74) is 3.31. The van der Waals surface area contributed by atoms with Gasteiger partial charge in [0, 0.05) is 11.8 Å². The lowest BCUT2D eigenvalue weighted by atomic mass is 10.0. The molecule has 3 heteroatoms. The maximum Gasteiger partial charge on any atom is 0.159 e. The average Bonchev–Trinajstić information content (AvgIpc) is 2.28. The molecule has 2 aromatic rings. The zero-order valence-electron chi connectivity index (χ0n) is 11.2. The largest absolute Gasteiger partial charge is 0.382 e. The van der Waals surface area contributed by atoms with E-state index in [1.54, 1.807) is 20.0 Å². The first-order chi connectivity index (χ1) is 8.38. The molecule has 0 unspecified atom stereocenters. The fourth-order valence-electron chi connectivity index (χ4n) is 1.90. The number of aromatic nitrogens is 2. The summed E-state index contributed by atoms with van der Waals surface area (Å²) in [6.45, 7) is 7.51. The maximum atomic E-state index is 9.95. The molecule has 0 spiro atoms. The van der Waals surface area contributed by atoms with E-state index in [0.717, 1.165) is 11.3 Å². The van der Waals surface area contributed by atoms with Gasteiger partial charge in [-0.25, -0.2) is 9.97 Å². The number of hydrogen-bond donors (Lipinski definition) is 1. The average molecular weight is 242 g/mol. The molecule has 0 bridgehead atoms. The molecule has 2 rings (SSSR count). The van der Waals surface area contributed by atoms with Crippen molar-refractivity contribution < 1.29 is 5.11 Å². The highest BCUT2D eigenvalue weighted by molar-refractivity contribution is 5.63. The number of benzene rings is 1. The van der Waals surface area contributed by atoms with Crippen LogP contribution in [0.2, 0.25) is 0 Å². The predicted molar refractivity (Wildman–Crippen MR) is 72.2 cm³/mol. The highest BCUT2D eigenvalue weighted by Gasteiger charge is 2.20. The standard InChI is InChI=1S/C15H18N2O/c1-10-5-6-12(11(2)9-10)13-7-8-16-14(17-13)15(3,4)18/h5-9,18H,1-4H3. The SMILES string of the molecule is Cc1ccc(-c2ccnc(C(C)(C)O)n2)c(C)c1. The number of rotatable bonds is 2. The fraction of sp³-hybridized carbons (Fsp3) is 0.333. The van der Waals surface area contributed by atoms with Crippen molar-refractivity contribution in [3.8, 4) is 11.3 Å². The summed E-state index contributed by atoms with van der Waals surface area (Å²) in [4.78, 5) is 8.57. The molecule has 0 saturated heterocycles. The Bertz CT molecular complexity index is 571. The highest BCUT2D eigenvalue weighted by Crippen LogP contribution is 2.24. The maximum absolute atomic E-state index is 9.95. The second-order valence-electron chi connectivity index (χ2n) is 5.14. The van der Waals surface area contributed by atoms with Crippen LogP contribution in [-0.4, -0.2) is 15.1 Å². The van der Waals surface area contributed by atoms with Crippen LogP contribution in [0.5, 0.6) is 0 Å². The number of aliphatic hydroxyl groups is 1. The molecule has 0 aliphatic heterocycles. The Hall–Kier alpha value is -1.74. The van der Waals surface area contributed by atoms with E-state index in [-0.39, 0.29) is 0 Å². The van der Waals surface area contributed by atoms with Crippen LogP contribution in [0.4, 0.5) is 0 Å². The molecule has 0 aliphatic carbocycles. The smallest absolute Gasteiger partial charge is 0.159 e. The fourth-order valence-corrected chi connectivity index (χ4v) is 1.90. The van der Waals surface area contributed by atoms with Gasteiger partial charge in [-0.3, -0.25) is 0 Å². The zero-order valence-corrected chi connectivity index (χ0v) is 11.2. The second kappa shape index (κ2) is 4.50. The van der Waals surface area contributed by atoms with Gasteiger partial charge in [0.25, 0.3) is 0 Å². The number of nitrogens with zero attached hydrogens (tertiary/aromatic N) is 2. The van der Waals surface area contributed by atoms with Crippen LogP contribution in [0.1, 0.15) is 30.8 Å². The molecule has 0 fully saturated rings. The van der Waals surface area contributed by atoms with Crippen molar-refractivity contribution in [3.05, 3.63) is 47.4 Å². The van der Waals surface area contributed by atoms with Crippen LogP contribution in [0, 0.1) is 13.8 Å². The van der Waals surface area contributed by atoms with Crippen LogP contribution < -0.4 is 0 Å². The van der Waals surface area contributed by atoms with Gasteiger partial charge in [-0.05, 0) is 39.3 Å². The van der Waals surface area contributed by atoms with Gasteiger partial charge in [0.15, 0.2) is 5.82 Å². The molecule has 1 aromatic carbocycles. The predicted octanol–water partition coefficient (Wildman–Crippen LogP) is 2.99. The highest BCUT2D eigenvalue weighted by atomic mass is 16.3. The lowest BCUT2D eigenvalue weighted by molar-refractivity contribution is 0.0688. The summed E-state index contributed by atoms with van der Waals surface area (Å²) < 4.78 is 0. The Morgan fingerprint density at radius 3 is 2.44 bits per heavy atom. The van der Waals surface area contributed by atoms with Gasteiger partial charge in [-0.2, -0.15) is 0 Å². The molecule has 0 saturated carbocycles. The molecule has 0 atom stereocenters. The number of aryl methyl sites for hydroxylation is 2. The van der Waals surface area contributed by atoms with E-state index < -0.39 is 5.60 Å². The summed E-state index contributed by atoms with van der Waals surface area (Å²) in [5.74, 6) is 0.444. The van der Waals surface area contributed by atoms with E-state index >= 15 is 0 Å². The summed E-state index contributed by atoms with van der Waals surface area (Å²) in [6, 6.07) is 8.11. The third-order valence-corrected chi connectivity index (χ3v) is 2.86. The monoisotopic (exact) mass is 242 g/mol. The van der Waals surface area contributed by atoms with Crippen molar-refractivity contribution in [1.82, 2.24) is 9.97 Å². The van der Waals surface area contributed by atoms with Gasteiger partial charge in [-0.1, -0.05) is 23.8 Å². The lowest BCUT2D eigenvalue weighted by Gasteiger charge is -2.16. The molecular weight excluding hydrogens is 224 g/mol. The molecule has 0 radical (unpaired) electrons. The third-order valence-electron chi connectivity index (χ3n) is 2.86. The third kappa shape index (κ3) is 2.57. The van der Waals surface area contributed by atoms with Gasteiger partial charge < -0.3 is 5.11 Å². The molecule has 94 valence electrons. The normalized spacial score (nSPS) is 11.6. The van der Waals surface area contributed by atoms with Crippen LogP contribution in [0.3, 0.4) is 0 Å². The van der Waals surface area contributed by atoms with Crippen molar-refractivity contribution >= 4 is 0 Å². The van der Waals surface area contributed by atoms with Crippen LogP contribution in [0.25, 0.3) is 11.3 Å². The Morgan fingerprint density at radius 1 is 1.11 bits per heavy atom. The summed E-state index contributed by atoms with van der Waals surface area (Å²) in [5, 5.41) is 9.95. The summed E-state index contributed by atoms with van der Waals surface area (Å²) in [6.07, 6.45) is 1.69. The van der Waals surface area contributed by atoms with Gasteiger partial charge in [0.2, 0.25) is 0 Å². The van der Waals surface area contributed by atoms with Gasteiger partial charge >= 0.3 is 0 Å². The Balaban J connectivity index is 2.51. The summed E-state index contributed by atoms with van der Waals surface area (Å²) in [7, 11) is 0. The quantitative estimate of drug-likeness (QED) is 0.880. The molecule has 3 nitrogen and oxygen atoms in total. The van der Waals surface area contributed by atoms with Gasteiger partial charge in [-0.15, -0.1) is 0 Å². The molecule has 18 heavy (non-hydrogen) atoms. The van der Waals surface area contributed by atoms with E-state index in [2.05, 4.69) is 42.0 Å². The molecule has 0 amide bonds. The number of hydrogen-bond acceptors (Lipinski definition) is 3. The minimum Gasteiger partial charge on any atom is -0.382 e. The van der Waals surface area contributed by atoms with Crippen molar-refractivity contribution in [2.75, 3.05) is 0 Å². The topological polar surface area (TPSA) is 46.0 Å². The Labute approximate surface area is 108 Å². The second-order valence-corrected chi connectivity index (χ2v) is 5.14. The van der Waals surface area contributed by atoms with E-state index in [4.69, 9.17) is 0 Å². The molecule has 0 aliphatic rings. The first-order valence-electron chi connectivity index (χ1n) is 6.01. The first kappa shape index (κ1) is 12.7. The van der Waals surface area contributed by atoms with Crippen molar-refractivity contribution in [2.45, 2.75) is 33.3 Å². The van der Waals surface area contributed by atoms with Crippen LogP contribution >= 0.6 is 0 Å². The Kier molecular flexibility index (Phi) is 3.18. The van der Waals surface area contributed by atoms with Crippen LogP contribution in [-0.2, 0) is 5.60 Å². The summed E-state index contributed by atoms with van der Waals surface area (Å²) >= 11 is 0. The molecule has 1 N–H and O–H groups in total. The van der Waals surface area contributed by atoms with Gasteiger partial charge in [0.1, 0.15) is 5.60 Å². The van der Waals surface area contributed by atoms with Gasteiger partial charge in [0.05, 0.1) is 5.69 Å². The van der Waals surface area contributed by atoms with Crippen molar-refractivity contribution in [2.24, 2.45) is 0 Å². The Morgan fingerprint density at radius 2 is 1.83 bits per heavy atom. The van der Waals surface area contributed by atoms with E-state index in [0.29, 0.717) is 5.82 Å². The molecule has 1 aromatic heterocycles. The van der Waals surface area contributed by atoms with E-state index in [9.17, 15) is 5.11 Å². The van der Waals surface area contributed by atoms with E-state index in [1.807, 2.05) is 6.07 Å². The van der Waals surface area contributed by atoms with Crippen molar-refractivity contribution in [3.63, 3.8) is 0 Å². The minimum absolute atomic E-state index is 0.444. The molecule has 1 heterocycles. The van der Waals surface area contributed by atoms with Crippen LogP contribution in [0.15, 0.2) is 30.5 Å².